The third-order valence-corrected chi connectivity index (χ3v) is 8.78. The second kappa shape index (κ2) is 5.26. The molecule has 3 fully saturated rings. The van der Waals surface area contributed by atoms with Crippen molar-refractivity contribution in [1.29, 1.82) is 0 Å². The molecule has 4 aliphatic rings. The smallest absolute Gasteiger partial charge is 0.161 e. The van der Waals surface area contributed by atoms with Crippen molar-refractivity contribution in [2.24, 2.45) is 22.7 Å². The summed E-state index contributed by atoms with van der Waals surface area (Å²) in [5.41, 5.74) is -4.12. The van der Waals surface area contributed by atoms with Crippen molar-refractivity contribution in [2.75, 3.05) is 0 Å². The average molecular weight is 364 g/mol. The lowest BCUT2D eigenvalue weighted by molar-refractivity contribution is -0.225. The number of halogens is 1. The lowest BCUT2D eigenvalue weighted by Crippen LogP contribution is -2.69. The van der Waals surface area contributed by atoms with E-state index in [0.717, 1.165) is 5.57 Å². The van der Waals surface area contributed by atoms with Gasteiger partial charge in [-0.1, -0.05) is 19.4 Å². The Balaban J connectivity index is 1.82. The molecule has 4 aliphatic carbocycles. The quantitative estimate of drug-likeness (QED) is 0.750. The molecule has 0 heterocycles. The molecular formula is C21H29FO4. The number of fused-ring (bicyclic) bond motifs is 5. The number of alkyl halides is 1. The molecule has 144 valence electrons. The molecular weight excluding hydrogens is 335 g/mol. The van der Waals surface area contributed by atoms with Crippen LogP contribution < -0.4 is 0 Å². The molecule has 0 bridgehead atoms. The monoisotopic (exact) mass is 364 g/mol. The molecule has 0 saturated heterocycles. The Morgan fingerprint density at radius 1 is 1.19 bits per heavy atom. The Kier molecular flexibility index (Phi) is 3.70. The Bertz CT molecular complexity index is 717. The van der Waals surface area contributed by atoms with E-state index in [1.807, 2.05) is 13.8 Å². The molecule has 0 radical (unpaired) electrons. The van der Waals surface area contributed by atoms with Crippen molar-refractivity contribution in [3.05, 3.63) is 11.6 Å². The third-order valence-electron chi connectivity index (χ3n) is 8.78. The van der Waals surface area contributed by atoms with Crippen molar-refractivity contribution >= 4 is 11.6 Å². The zero-order valence-corrected chi connectivity index (χ0v) is 15.8. The summed E-state index contributed by atoms with van der Waals surface area (Å²) in [4.78, 5) is 24.1. The van der Waals surface area contributed by atoms with Crippen LogP contribution in [0, 0.1) is 22.7 Å². The zero-order chi connectivity index (χ0) is 19.1. The fourth-order valence-corrected chi connectivity index (χ4v) is 7.15. The van der Waals surface area contributed by atoms with Gasteiger partial charge in [0.2, 0.25) is 0 Å². The van der Waals surface area contributed by atoms with Crippen molar-refractivity contribution in [3.63, 3.8) is 0 Å². The van der Waals surface area contributed by atoms with Crippen LogP contribution in [0.25, 0.3) is 0 Å². The van der Waals surface area contributed by atoms with E-state index in [1.54, 1.807) is 6.08 Å². The number of carbonyl (C=O) groups is 2. The molecule has 0 aromatic heterocycles. The maximum absolute atomic E-state index is 16.8. The van der Waals surface area contributed by atoms with E-state index in [1.165, 1.54) is 6.92 Å². The highest BCUT2D eigenvalue weighted by Gasteiger charge is 2.73. The van der Waals surface area contributed by atoms with Gasteiger partial charge in [0.05, 0.1) is 6.10 Å². The van der Waals surface area contributed by atoms with E-state index in [2.05, 4.69) is 0 Å². The van der Waals surface area contributed by atoms with E-state index in [-0.39, 0.29) is 23.9 Å². The van der Waals surface area contributed by atoms with Crippen molar-refractivity contribution in [2.45, 2.75) is 83.1 Å². The first-order chi connectivity index (χ1) is 12.0. The number of allylic oxidation sites excluding steroid dienone is 1. The minimum atomic E-state index is -1.82. The fourth-order valence-electron chi connectivity index (χ4n) is 7.15. The van der Waals surface area contributed by atoms with Gasteiger partial charge in [-0.15, -0.1) is 0 Å². The molecule has 2 N–H and O–H groups in total. The van der Waals surface area contributed by atoms with Gasteiger partial charge in [-0.05, 0) is 57.4 Å². The van der Waals surface area contributed by atoms with Gasteiger partial charge in [0.25, 0.3) is 0 Å². The summed E-state index contributed by atoms with van der Waals surface area (Å²) in [5, 5.41) is 22.2. The molecule has 4 nitrogen and oxygen atoms in total. The summed E-state index contributed by atoms with van der Waals surface area (Å²) < 4.78 is 16.8. The minimum absolute atomic E-state index is 0.0430. The van der Waals surface area contributed by atoms with Gasteiger partial charge in [-0.25, -0.2) is 4.39 Å². The Morgan fingerprint density at radius 2 is 1.88 bits per heavy atom. The molecule has 7 atom stereocenters. The maximum Gasteiger partial charge on any atom is 0.161 e. The summed E-state index contributed by atoms with van der Waals surface area (Å²) >= 11 is 0. The van der Waals surface area contributed by atoms with Crippen LogP contribution in [0.5, 0.6) is 0 Å². The first-order valence-corrected chi connectivity index (χ1v) is 9.85. The van der Waals surface area contributed by atoms with E-state index < -0.39 is 34.1 Å². The van der Waals surface area contributed by atoms with Gasteiger partial charge in [0.1, 0.15) is 11.3 Å². The van der Waals surface area contributed by atoms with E-state index in [4.69, 9.17) is 0 Å². The summed E-state index contributed by atoms with van der Waals surface area (Å²) in [6.45, 7) is 5.11. The van der Waals surface area contributed by atoms with Crippen LogP contribution >= 0.6 is 0 Å². The summed E-state index contributed by atoms with van der Waals surface area (Å²) in [7, 11) is 0. The molecule has 0 aromatic rings. The molecule has 3 saturated carbocycles. The first-order valence-electron chi connectivity index (χ1n) is 9.85. The molecule has 2 unspecified atom stereocenters. The molecule has 26 heavy (non-hydrogen) atoms. The molecule has 0 amide bonds. The van der Waals surface area contributed by atoms with Crippen LogP contribution in [0.4, 0.5) is 4.39 Å². The van der Waals surface area contributed by atoms with Crippen LogP contribution in [-0.2, 0) is 9.59 Å². The zero-order valence-electron chi connectivity index (χ0n) is 15.8. The number of hydrogen-bond acceptors (Lipinski definition) is 4. The minimum Gasteiger partial charge on any atom is -0.390 e. The largest absolute Gasteiger partial charge is 0.390 e. The number of rotatable bonds is 1. The summed E-state index contributed by atoms with van der Waals surface area (Å²) in [6.07, 6.45) is 3.29. The molecule has 5 heteroatoms. The third kappa shape index (κ3) is 1.86. The van der Waals surface area contributed by atoms with E-state index in [0.29, 0.717) is 38.5 Å². The normalized spacial score (nSPS) is 53.4. The predicted molar refractivity (Wildman–Crippen MR) is 94.1 cm³/mol. The Labute approximate surface area is 153 Å². The number of aliphatic hydroxyl groups excluding tert-OH is 1. The lowest BCUT2D eigenvalue weighted by atomic mass is 9.44. The van der Waals surface area contributed by atoms with Crippen LogP contribution in [0.15, 0.2) is 11.6 Å². The highest BCUT2D eigenvalue weighted by molar-refractivity contribution is 5.91. The van der Waals surface area contributed by atoms with Gasteiger partial charge < -0.3 is 10.2 Å². The Morgan fingerprint density at radius 3 is 2.54 bits per heavy atom. The summed E-state index contributed by atoms with van der Waals surface area (Å²) in [6, 6.07) is 0. The van der Waals surface area contributed by atoms with Crippen molar-refractivity contribution < 1.29 is 24.2 Å². The number of Topliss-reactive ketones (excluding diaryl/α,β-unsaturated/α-hetero) is 1. The van der Waals surface area contributed by atoms with Crippen molar-refractivity contribution in [3.8, 4) is 0 Å². The van der Waals surface area contributed by atoms with E-state index in [9.17, 15) is 19.8 Å². The number of hydrogen-bond donors (Lipinski definition) is 2. The molecule has 0 aromatic carbocycles. The van der Waals surface area contributed by atoms with Gasteiger partial charge in [0.15, 0.2) is 11.6 Å². The van der Waals surface area contributed by atoms with Crippen LogP contribution in [-0.4, -0.2) is 39.2 Å². The van der Waals surface area contributed by atoms with Crippen LogP contribution in [0.2, 0.25) is 0 Å². The van der Waals surface area contributed by atoms with Crippen LogP contribution in [0.3, 0.4) is 0 Å². The van der Waals surface area contributed by atoms with Gasteiger partial charge in [0, 0.05) is 23.2 Å². The van der Waals surface area contributed by atoms with Crippen molar-refractivity contribution in [1.82, 2.24) is 0 Å². The second-order valence-electron chi connectivity index (χ2n) is 9.58. The summed E-state index contributed by atoms with van der Waals surface area (Å²) in [5.74, 6) is -0.783. The maximum atomic E-state index is 16.8. The average Bonchev–Trinajstić information content (AvgIpc) is 2.83. The topological polar surface area (TPSA) is 74.6 Å². The molecule has 0 aliphatic heterocycles. The van der Waals surface area contributed by atoms with E-state index >= 15 is 4.39 Å². The van der Waals surface area contributed by atoms with Gasteiger partial charge >= 0.3 is 0 Å². The standard InChI is InChI=1S/C21H29FO4/c1-12(23)20(26)9-7-15-16-5-4-13-10-14(24)6-8-18(13,2)21(16,22)17(25)11-19(15,20)3/h10,15-17,25-26H,4-9,11H2,1-3H3/t15?,16?,17-,18-,19-,20-,21-/m0/s1. The first kappa shape index (κ1) is 18.3. The highest BCUT2D eigenvalue weighted by Crippen LogP contribution is 2.70. The highest BCUT2D eigenvalue weighted by atomic mass is 19.1. The van der Waals surface area contributed by atoms with Gasteiger partial charge in [-0.2, -0.15) is 0 Å². The fraction of sp³-hybridized carbons (Fsp3) is 0.810. The lowest BCUT2D eigenvalue weighted by Gasteiger charge is -2.63. The Hall–Kier alpha value is -1.07. The number of ketones is 2. The number of aliphatic hydroxyl groups is 2. The van der Waals surface area contributed by atoms with Crippen LogP contribution in [0.1, 0.15) is 65.7 Å². The number of carbonyl (C=O) groups excluding carboxylic acids is 2. The molecule has 4 rings (SSSR count). The molecule has 0 spiro atoms. The SMILES string of the molecule is CC(=O)[C@@]1(O)CCC2C3CCC4=CC(=O)CC[C@]4(C)[C@@]3(F)[C@@H](O)C[C@@]21C. The second-order valence-corrected chi connectivity index (χ2v) is 9.58. The van der Waals surface area contributed by atoms with Gasteiger partial charge in [-0.3, -0.25) is 9.59 Å². The predicted octanol–water partition coefficient (Wildman–Crippen LogP) is 2.90.